The molecule has 8 heteroatoms. The fourth-order valence-electron chi connectivity index (χ4n) is 6.05. The van der Waals surface area contributed by atoms with Crippen LogP contribution in [-0.4, -0.2) is 40.1 Å². The molecule has 0 radical (unpaired) electrons. The molecule has 0 spiro atoms. The average Bonchev–Trinajstić information content (AvgIpc) is 3.61. The number of amides is 3. The van der Waals surface area contributed by atoms with Gasteiger partial charge in [0.15, 0.2) is 5.78 Å². The largest absolute Gasteiger partial charge is 0.292 e. The number of imide groups is 1. The van der Waals surface area contributed by atoms with Gasteiger partial charge >= 0.3 is 0 Å². The molecule has 0 N–H and O–H groups in total. The molecule has 6 atom stereocenters. The Morgan fingerprint density at radius 2 is 1.53 bits per heavy atom. The van der Waals surface area contributed by atoms with E-state index in [2.05, 4.69) is 28.1 Å². The number of hydrogen-bond acceptors (Lipinski definition) is 4. The second-order valence-corrected chi connectivity index (χ2v) is 10.7. The zero-order chi connectivity index (χ0) is 23.7. The molecular formula is C26H20BrClN2O4. The molecule has 3 fully saturated rings. The first-order valence-corrected chi connectivity index (χ1v) is 12.4. The topological polar surface area (TPSA) is 74.8 Å². The van der Waals surface area contributed by atoms with Gasteiger partial charge < -0.3 is 0 Å². The van der Waals surface area contributed by atoms with Gasteiger partial charge in [0.05, 0.1) is 22.4 Å². The van der Waals surface area contributed by atoms with Crippen LogP contribution in [0.25, 0.3) is 0 Å². The van der Waals surface area contributed by atoms with Crippen molar-refractivity contribution in [2.45, 2.75) is 6.42 Å². The van der Waals surface area contributed by atoms with E-state index in [0.717, 1.165) is 20.9 Å². The lowest BCUT2D eigenvalue weighted by molar-refractivity contribution is -0.154. The summed E-state index contributed by atoms with van der Waals surface area (Å²) in [6.07, 6.45) is 5.18. The van der Waals surface area contributed by atoms with E-state index < -0.39 is 36.1 Å². The summed E-state index contributed by atoms with van der Waals surface area (Å²) in [4.78, 5) is 54.1. The molecule has 34 heavy (non-hydrogen) atoms. The fraction of sp³-hybridized carbons (Fsp3) is 0.308. The number of carbonyl (C=O) groups is 4. The van der Waals surface area contributed by atoms with Crippen molar-refractivity contribution in [3.8, 4) is 0 Å². The number of Topliss-reactive ketones (excluding diaryl/α,β-unsaturated/α-hetero) is 1. The molecule has 2 aromatic rings. The summed E-state index contributed by atoms with van der Waals surface area (Å²) in [5, 5.41) is 2.13. The van der Waals surface area contributed by atoms with E-state index in [-0.39, 0.29) is 28.2 Å². The first-order chi connectivity index (χ1) is 16.4. The van der Waals surface area contributed by atoms with Crippen molar-refractivity contribution in [1.82, 2.24) is 10.0 Å². The zero-order valence-corrected chi connectivity index (χ0v) is 20.3. The molecule has 7 rings (SSSR count). The number of ketones is 1. The van der Waals surface area contributed by atoms with E-state index in [1.54, 1.807) is 42.5 Å². The highest BCUT2D eigenvalue weighted by atomic mass is 79.9. The number of halogens is 2. The van der Waals surface area contributed by atoms with Crippen molar-refractivity contribution in [1.29, 1.82) is 0 Å². The maximum atomic E-state index is 13.7. The third-order valence-corrected chi connectivity index (χ3v) is 8.54. The van der Waals surface area contributed by atoms with Crippen LogP contribution in [0, 0.1) is 35.5 Å². The molecule has 4 aliphatic carbocycles. The van der Waals surface area contributed by atoms with Crippen molar-refractivity contribution in [2.24, 2.45) is 35.5 Å². The molecule has 0 unspecified atom stereocenters. The van der Waals surface area contributed by atoms with E-state index in [1.165, 1.54) is 6.07 Å². The molecule has 2 saturated carbocycles. The number of allylic oxidation sites excluding steroid dienone is 2. The van der Waals surface area contributed by atoms with Gasteiger partial charge in [0.25, 0.3) is 17.7 Å². The SMILES string of the molecule is O=C(CN(C(=O)c1ccccc1Cl)N1C(=O)[C@@H]2[C@H]3C=C[C@@H]([C@@H]4C[C@@H]34)[C@H]2C1=O)c1ccc(Br)cc1. The second-order valence-electron chi connectivity index (χ2n) is 9.42. The van der Waals surface area contributed by atoms with Gasteiger partial charge in [0.1, 0.15) is 6.54 Å². The van der Waals surface area contributed by atoms with Gasteiger partial charge in [-0.2, -0.15) is 5.01 Å². The van der Waals surface area contributed by atoms with Crippen LogP contribution in [0.1, 0.15) is 27.1 Å². The van der Waals surface area contributed by atoms with Crippen molar-refractivity contribution >= 4 is 51.0 Å². The molecule has 2 aromatic carbocycles. The standard InChI is InChI=1S/C26H20BrClN2O4/c27-14-7-5-13(6-8-14)21(31)12-29(24(32)17-3-1-2-4-20(17)28)30-25(33)22-15-9-10-16(19-11-18(15)19)23(22)26(30)34/h1-10,15-16,18-19,22-23H,11-12H2/t15-,16-,18-,19-,22+,23+/m0/s1. The fourth-order valence-corrected chi connectivity index (χ4v) is 6.53. The molecule has 172 valence electrons. The molecule has 6 nitrogen and oxygen atoms in total. The quantitative estimate of drug-likeness (QED) is 0.321. The predicted octanol–water partition coefficient (Wildman–Crippen LogP) is 4.40. The van der Waals surface area contributed by atoms with Gasteiger partial charge in [-0.15, -0.1) is 0 Å². The summed E-state index contributed by atoms with van der Waals surface area (Å²) in [6.45, 7) is -0.446. The lowest BCUT2D eigenvalue weighted by Gasteiger charge is -2.37. The third-order valence-electron chi connectivity index (χ3n) is 7.68. The molecule has 1 heterocycles. The summed E-state index contributed by atoms with van der Waals surface area (Å²) in [5.41, 5.74) is 0.506. The van der Waals surface area contributed by atoms with Crippen LogP contribution >= 0.6 is 27.5 Å². The van der Waals surface area contributed by atoms with Crippen LogP contribution in [0.5, 0.6) is 0 Å². The predicted molar refractivity (Wildman–Crippen MR) is 128 cm³/mol. The molecular weight excluding hydrogens is 520 g/mol. The van der Waals surface area contributed by atoms with Crippen LogP contribution in [0.2, 0.25) is 5.02 Å². The maximum absolute atomic E-state index is 13.7. The van der Waals surface area contributed by atoms with Crippen LogP contribution in [0.4, 0.5) is 0 Å². The second kappa shape index (κ2) is 7.89. The molecule has 3 amide bonds. The van der Waals surface area contributed by atoms with E-state index in [9.17, 15) is 19.2 Å². The summed E-state index contributed by atoms with van der Waals surface area (Å²) >= 11 is 9.62. The van der Waals surface area contributed by atoms with Gasteiger partial charge in [-0.25, -0.2) is 5.01 Å². The van der Waals surface area contributed by atoms with Crippen molar-refractivity contribution < 1.29 is 19.2 Å². The number of benzene rings is 2. The first kappa shape index (κ1) is 21.7. The van der Waals surface area contributed by atoms with Crippen LogP contribution in [0.15, 0.2) is 65.2 Å². The molecule has 2 bridgehead atoms. The number of hydrazine groups is 1. The summed E-state index contributed by atoms with van der Waals surface area (Å²) in [6, 6.07) is 13.2. The minimum atomic E-state index is -0.651. The minimum absolute atomic E-state index is 0.0147. The first-order valence-electron chi connectivity index (χ1n) is 11.3. The van der Waals surface area contributed by atoms with Crippen molar-refractivity contribution in [3.63, 3.8) is 0 Å². The van der Waals surface area contributed by atoms with E-state index in [4.69, 9.17) is 11.6 Å². The highest BCUT2D eigenvalue weighted by Gasteiger charge is 2.68. The van der Waals surface area contributed by atoms with E-state index >= 15 is 0 Å². The van der Waals surface area contributed by atoms with Gasteiger partial charge in [-0.05, 0) is 54.4 Å². The number of hydrogen-bond donors (Lipinski definition) is 0. The molecule has 0 aromatic heterocycles. The Hall–Kier alpha value is -2.77. The summed E-state index contributed by atoms with van der Waals surface area (Å²) < 4.78 is 0.809. The molecule has 1 aliphatic heterocycles. The highest BCUT2D eigenvalue weighted by Crippen LogP contribution is 2.65. The Morgan fingerprint density at radius 3 is 2.12 bits per heavy atom. The summed E-state index contributed by atoms with van der Waals surface area (Å²) in [5.74, 6) is -1.88. The van der Waals surface area contributed by atoms with E-state index in [0.29, 0.717) is 17.4 Å². The lowest BCUT2D eigenvalue weighted by Crippen LogP contribution is -2.52. The minimum Gasteiger partial charge on any atom is -0.292 e. The third kappa shape index (κ3) is 3.21. The lowest BCUT2D eigenvalue weighted by atomic mass is 9.63. The Balaban J connectivity index is 1.37. The summed E-state index contributed by atoms with van der Waals surface area (Å²) in [7, 11) is 0. The molecule has 5 aliphatic rings. The van der Waals surface area contributed by atoms with Crippen molar-refractivity contribution in [2.75, 3.05) is 6.54 Å². The monoisotopic (exact) mass is 538 g/mol. The van der Waals surface area contributed by atoms with Gasteiger partial charge in [0.2, 0.25) is 0 Å². The van der Waals surface area contributed by atoms with Crippen LogP contribution < -0.4 is 0 Å². The zero-order valence-electron chi connectivity index (χ0n) is 17.9. The number of rotatable bonds is 5. The highest BCUT2D eigenvalue weighted by molar-refractivity contribution is 9.10. The van der Waals surface area contributed by atoms with Crippen molar-refractivity contribution in [3.05, 3.63) is 81.3 Å². The molecule has 1 saturated heterocycles. The van der Waals surface area contributed by atoms with Crippen LogP contribution in [-0.2, 0) is 9.59 Å². The van der Waals surface area contributed by atoms with E-state index in [1.807, 2.05) is 0 Å². The normalized spacial score (nSPS) is 30.2. The van der Waals surface area contributed by atoms with Crippen LogP contribution in [0.3, 0.4) is 0 Å². The Morgan fingerprint density at radius 1 is 0.941 bits per heavy atom. The average molecular weight is 540 g/mol. The Labute approximate surface area is 209 Å². The Bertz CT molecular complexity index is 1240. The van der Waals surface area contributed by atoms with Gasteiger partial charge in [0, 0.05) is 10.0 Å². The smallest absolute Gasteiger partial charge is 0.274 e. The Kier molecular flexibility index (Phi) is 5.04. The van der Waals surface area contributed by atoms with Gasteiger partial charge in [-0.3, -0.25) is 19.2 Å². The maximum Gasteiger partial charge on any atom is 0.274 e. The van der Waals surface area contributed by atoms with Gasteiger partial charge in [-0.1, -0.05) is 63.9 Å². The number of nitrogens with zero attached hydrogens (tertiary/aromatic N) is 2. The number of carbonyl (C=O) groups excluding carboxylic acids is 4.